The molecule has 0 aromatic heterocycles. The van der Waals surface area contributed by atoms with Crippen molar-refractivity contribution in [1.82, 2.24) is 0 Å². The second-order valence-electron chi connectivity index (χ2n) is 4.00. The first-order chi connectivity index (χ1) is 7.77. The predicted molar refractivity (Wildman–Crippen MR) is 56.7 cm³/mol. The van der Waals surface area contributed by atoms with E-state index in [1.807, 2.05) is 0 Å². The molecular formula is C11H20F4O2. The van der Waals surface area contributed by atoms with Crippen LogP contribution in [0, 0.1) is 0 Å². The third-order valence-electron chi connectivity index (χ3n) is 2.19. The van der Waals surface area contributed by atoms with Gasteiger partial charge in [-0.2, -0.15) is 0 Å². The van der Waals surface area contributed by atoms with Gasteiger partial charge in [-0.05, 0) is 6.92 Å². The molecule has 104 valence electrons. The van der Waals surface area contributed by atoms with E-state index < -0.39 is 11.8 Å². The van der Waals surface area contributed by atoms with Crippen LogP contribution in [0.15, 0.2) is 0 Å². The molecule has 6 heteroatoms. The van der Waals surface area contributed by atoms with E-state index in [1.165, 1.54) is 6.92 Å². The van der Waals surface area contributed by atoms with E-state index in [9.17, 15) is 17.6 Å². The Morgan fingerprint density at radius 2 is 1.29 bits per heavy atom. The van der Waals surface area contributed by atoms with Crippen LogP contribution in [0.4, 0.5) is 17.6 Å². The second kappa shape index (κ2) is 7.87. The minimum Gasteiger partial charge on any atom is -0.379 e. The van der Waals surface area contributed by atoms with E-state index >= 15 is 0 Å². The summed E-state index contributed by atoms with van der Waals surface area (Å²) >= 11 is 0. The number of hydrogen-bond donors (Lipinski definition) is 0. The van der Waals surface area contributed by atoms with E-state index in [0.29, 0.717) is 0 Å². The Kier molecular flexibility index (Phi) is 7.70. The lowest BCUT2D eigenvalue weighted by Crippen LogP contribution is -2.18. The highest BCUT2D eigenvalue weighted by Crippen LogP contribution is 2.21. The number of rotatable bonds is 10. The van der Waals surface area contributed by atoms with Crippen molar-refractivity contribution in [3.8, 4) is 0 Å². The van der Waals surface area contributed by atoms with Crippen molar-refractivity contribution < 1.29 is 27.0 Å². The lowest BCUT2D eigenvalue weighted by molar-refractivity contribution is -0.0488. The van der Waals surface area contributed by atoms with Gasteiger partial charge in [0.25, 0.3) is 0 Å². The van der Waals surface area contributed by atoms with Crippen molar-refractivity contribution in [2.24, 2.45) is 0 Å². The summed E-state index contributed by atoms with van der Waals surface area (Å²) in [6, 6.07) is 0. The summed E-state index contributed by atoms with van der Waals surface area (Å²) in [4.78, 5) is 0. The van der Waals surface area contributed by atoms with Crippen molar-refractivity contribution in [1.29, 1.82) is 0 Å². The van der Waals surface area contributed by atoms with Gasteiger partial charge in [0.1, 0.15) is 0 Å². The minimum atomic E-state index is -2.73. The maximum atomic E-state index is 12.7. The number of ether oxygens (including phenoxy) is 2. The summed E-state index contributed by atoms with van der Waals surface area (Å²) in [6.45, 7) is 2.42. The van der Waals surface area contributed by atoms with Gasteiger partial charge in [0.05, 0.1) is 26.4 Å². The first-order valence-corrected chi connectivity index (χ1v) is 5.68. The van der Waals surface area contributed by atoms with Crippen LogP contribution in [0.2, 0.25) is 0 Å². The van der Waals surface area contributed by atoms with E-state index in [0.717, 1.165) is 6.92 Å². The molecule has 0 bridgehead atoms. The highest BCUT2D eigenvalue weighted by atomic mass is 19.3. The van der Waals surface area contributed by atoms with Crippen LogP contribution in [0.1, 0.15) is 33.1 Å². The van der Waals surface area contributed by atoms with Crippen LogP contribution in [0.25, 0.3) is 0 Å². The van der Waals surface area contributed by atoms with Gasteiger partial charge in [-0.25, -0.2) is 17.6 Å². The molecule has 0 heterocycles. The van der Waals surface area contributed by atoms with Crippen LogP contribution in [-0.4, -0.2) is 38.3 Å². The molecule has 0 aliphatic carbocycles. The molecule has 0 fully saturated rings. The van der Waals surface area contributed by atoms with Crippen LogP contribution in [-0.2, 0) is 9.47 Å². The van der Waals surface area contributed by atoms with Crippen LogP contribution >= 0.6 is 0 Å². The molecule has 0 spiro atoms. The van der Waals surface area contributed by atoms with Crippen molar-refractivity contribution in [2.45, 2.75) is 45.0 Å². The molecular weight excluding hydrogens is 240 g/mol. The zero-order chi connectivity index (χ0) is 13.4. The second-order valence-corrected chi connectivity index (χ2v) is 4.00. The molecule has 0 amide bonds. The molecule has 0 N–H and O–H groups in total. The predicted octanol–water partition coefficient (Wildman–Crippen LogP) is 3.50. The van der Waals surface area contributed by atoms with Gasteiger partial charge in [-0.15, -0.1) is 0 Å². The van der Waals surface area contributed by atoms with E-state index in [4.69, 9.17) is 9.47 Å². The third kappa shape index (κ3) is 11.9. The van der Waals surface area contributed by atoms with Crippen molar-refractivity contribution >= 4 is 0 Å². The Hall–Kier alpha value is -0.360. The van der Waals surface area contributed by atoms with Crippen LogP contribution in [0.3, 0.4) is 0 Å². The molecule has 0 aliphatic heterocycles. The fraction of sp³-hybridized carbons (Fsp3) is 1.00. The van der Waals surface area contributed by atoms with Gasteiger partial charge < -0.3 is 9.47 Å². The maximum absolute atomic E-state index is 12.7. The van der Waals surface area contributed by atoms with Crippen LogP contribution < -0.4 is 0 Å². The molecule has 0 aromatic carbocycles. The third-order valence-corrected chi connectivity index (χ3v) is 2.19. The van der Waals surface area contributed by atoms with Crippen molar-refractivity contribution in [3.63, 3.8) is 0 Å². The van der Waals surface area contributed by atoms with Gasteiger partial charge in [0.15, 0.2) is 0 Å². The summed E-state index contributed by atoms with van der Waals surface area (Å²) in [7, 11) is 0. The van der Waals surface area contributed by atoms with Gasteiger partial charge in [0.2, 0.25) is 11.8 Å². The molecule has 0 atom stereocenters. The SMILES string of the molecule is CCC(F)(F)CCOCCOCCC(C)(F)F. The number of hydrogen-bond acceptors (Lipinski definition) is 2. The molecule has 0 unspecified atom stereocenters. The number of halogens is 4. The monoisotopic (exact) mass is 260 g/mol. The highest BCUT2D eigenvalue weighted by Gasteiger charge is 2.25. The zero-order valence-corrected chi connectivity index (χ0v) is 10.3. The molecule has 0 aromatic rings. The Bertz CT molecular complexity index is 192. The van der Waals surface area contributed by atoms with E-state index in [1.54, 1.807) is 0 Å². The Balaban J connectivity index is 3.25. The smallest absolute Gasteiger partial charge is 0.250 e. The Labute approximate surface area is 99.3 Å². The summed E-state index contributed by atoms with van der Waals surface area (Å²) in [5, 5.41) is 0. The van der Waals surface area contributed by atoms with Gasteiger partial charge in [0, 0.05) is 19.3 Å². The quantitative estimate of drug-likeness (QED) is 0.442. The zero-order valence-electron chi connectivity index (χ0n) is 10.3. The first-order valence-electron chi connectivity index (χ1n) is 5.68. The highest BCUT2D eigenvalue weighted by molar-refractivity contribution is 4.62. The van der Waals surface area contributed by atoms with Gasteiger partial charge in [-0.1, -0.05) is 6.92 Å². The lowest BCUT2D eigenvalue weighted by Gasteiger charge is -2.14. The average molecular weight is 260 g/mol. The maximum Gasteiger partial charge on any atom is 0.250 e. The molecule has 0 saturated heterocycles. The summed E-state index contributed by atoms with van der Waals surface area (Å²) in [5.74, 6) is -5.42. The molecule has 0 rings (SSSR count). The standard InChI is InChI=1S/C11H20F4O2/c1-3-11(14,15)5-7-17-9-8-16-6-4-10(2,12)13/h3-9H2,1-2H3. The van der Waals surface area contributed by atoms with E-state index in [2.05, 4.69) is 0 Å². The fourth-order valence-corrected chi connectivity index (χ4v) is 0.972. The normalized spacial score (nSPS) is 13.1. The summed E-state index contributed by atoms with van der Waals surface area (Å²) in [6.07, 6.45) is -0.879. The Morgan fingerprint density at radius 3 is 1.71 bits per heavy atom. The lowest BCUT2D eigenvalue weighted by atomic mass is 10.2. The minimum absolute atomic E-state index is 0.0475. The van der Waals surface area contributed by atoms with Crippen molar-refractivity contribution in [3.05, 3.63) is 0 Å². The molecule has 17 heavy (non-hydrogen) atoms. The molecule has 0 saturated carbocycles. The fourth-order valence-electron chi connectivity index (χ4n) is 0.972. The topological polar surface area (TPSA) is 18.5 Å². The van der Waals surface area contributed by atoms with Gasteiger partial charge >= 0.3 is 0 Å². The van der Waals surface area contributed by atoms with Crippen LogP contribution in [0.5, 0.6) is 0 Å². The summed E-state index contributed by atoms with van der Waals surface area (Å²) < 4.78 is 59.9. The molecule has 0 radical (unpaired) electrons. The Morgan fingerprint density at radius 1 is 0.824 bits per heavy atom. The molecule has 0 aliphatic rings. The average Bonchev–Trinajstić information content (AvgIpc) is 2.20. The van der Waals surface area contributed by atoms with Gasteiger partial charge in [-0.3, -0.25) is 0 Å². The van der Waals surface area contributed by atoms with Crippen molar-refractivity contribution in [2.75, 3.05) is 26.4 Å². The molecule has 2 nitrogen and oxygen atoms in total. The largest absolute Gasteiger partial charge is 0.379 e. The number of alkyl halides is 4. The first kappa shape index (κ1) is 16.6. The van der Waals surface area contributed by atoms with E-state index in [-0.39, 0.29) is 45.7 Å². The summed E-state index contributed by atoms with van der Waals surface area (Å²) in [5.41, 5.74) is 0.